The molecule has 3 heteroatoms. The Morgan fingerprint density at radius 1 is 1.14 bits per heavy atom. The van der Waals surface area contributed by atoms with Crippen molar-refractivity contribution in [3.8, 4) is 5.75 Å². The predicted molar refractivity (Wildman–Crippen MR) is 93.0 cm³/mol. The first-order valence-electron chi connectivity index (χ1n) is 7.26. The molecule has 112 valence electrons. The van der Waals surface area contributed by atoms with E-state index in [-0.39, 0.29) is 0 Å². The molecule has 0 unspecified atom stereocenters. The highest BCUT2D eigenvalue weighted by Crippen LogP contribution is 2.21. The molecule has 21 heavy (non-hydrogen) atoms. The number of aryl methyl sites for hydroxylation is 1. The first kappa shape index (κ1) is 15.9. The van der Waals surface area contributed by atoms with Crippen LogP contribution in [-0.2, 0) is 6.54 Å². The van der Waals surface area contributed by atoms with E-state index in [1.165, 1.54) is 11.1 Å². The standard InChI is InChI=1S/C18H22BrNO/c1-13(2)12-21-17-6-4-5-16(10-17)20-11-15-8-7-14(3)18(19)9-15/h4-10,13,20H,11-12H2,1-3H3. The predicted octanol–water partition coefficient (Wildman–Crippen LogP) is 5.40. The minimum absolute atomic E-state index is 0.534. The second-order valence-corrected chi connectivity index (χ2v) is 6.52. The molecule has 0 bridgehead atoms. The largest absolute Gasteiger partial charge is 0.493 e. The SMILES string of the molecule is Cc1ccc(CNc2cccc(OCC(C)C)c2)cc1Br. The number of halogens is 1. The molecule has 0 saturated heterocycles. The lowest BCUT2D eigenvalue weighted by atomic mass is 10.1. The zero-order valence-electron chi connectivity index (χ0n) is 12.8. The van der Waals surface area contributed by atoms with Crippen LogP contribution in [0, 0.1) is 12.8 Å². The molecular weight excluding hydrogens is 326 g/mol. The van der Waals surface area contributed by atoms with Crippen molar-refractivity contribution in [3.05, 3.63) is 58.1 Å². The normalized spacial score (nSPS) is 10.7. The minimum atomic E-state index is 0.534. The van der Waals surface area contributed by atoms with Gasteiger partial charge in [0.1, 0.15) is 5.75 Å². The number of rotatable bonds is 6. The van der Waals surface area contributed by atoms with Gasteiger partial charge in [0.15, 0.2) is 0 Å². The summed E-state index contributed by atoms with van der Waals surface area (Å²) < 4.78 is 6.90. The molecule has 0 aliphatic rings. The summed E-state index contributed by atoms with van der Waals surface area (Å²) in [7, 11) is 0. The highest BCUT2D eigenvalue weighted by molar-refractivity contribution is 9.10. The summed E-state index contributed by atoms with van der Waals surface area (Å²) in [6.07, 6.45) is 0. The van der Waals surface area contributed by atoms with Gasteiger partial charge in [0.2, 0.25) is 0 Å². The van der Waals surface area contributed by atoms with Crippen molar-refractivity contribution in [2.45, 2.75) is 27.3 Å². The van der Waals surface area contributed by atoms with Gasteiger partial charge in [-0.25, -0.2) is 0 Å². The molecular formula is C18H22BrNO. The van der Waals surface area contributed by atoms with Crippen molar-refractivity contribution in [2.75, 3.05) is 11.9 Å². The van der Waals surface area contributed by atoms with Gasteiger partial charge >= 0.3 is 0 Å². The lowest BCUT2D eigenvalue weighted by Crippen LogP contribution is -2.05. The fourth-order valence-electron chi connectivity index (χ4n) is 1.91. The zero-order chi connectivity index (χ0) is 15.2. The molecule has 0 radical (unpaired) electrons. The summed E-state index contributed by atoms with van der Waals surface area (Å²) in [5.41, 5.74) is 3.58. The average molecular weight is 348 g/mol. The van der Waals surface area contributed by atoms with Gasteiger partial charge in [0.05, 0.1) is 6.61 Å². The summed E-state index contributed by atoms with van der Waals surface area (Å²) in [5.74, 6) is 1.45. The lowest BCUT2D eigenvalue weighted by Gasteiger charge is -2.11. The Kier molecular flexibility index (Phi) is 5.68. The quantitative estimate of drug-likeness (QED) is 0.754. The molecule has 0 atom stereocenters. The molecule has 0 aliphatic carbocycles. The van der Waals surface area contributed by atoms with Crippen LogP contribution in [0.3, 0.4) is 0 Å². The van der Waals surface area contributed by atoms with E-state index in [1.54, 1.807) is 0 Å². The van der Waals surface area contributed by atoms with Crippen molar-refractivity contribution in [1.29, 1.82) is 0 Å². The van der Waals surface area contributed by atoms with E-state index in [2.05, 4.69) is 66.3 Å². The van der Waals surface area contributed by atoms with Gasteiger partial charge in [-0.2, -0.15) is 0 Å². The van der Waals surface area contributed by atoms with E-state index in [1.807, 2.05) is 18.2 Å². The van der Waals surface area contributed by atoms with Crippen molar-refractivity contribution in [2.24, 2.45) is 5.92 Å². The Morgan fingerprint density at radius 3 is 2.67 bits per heavy atom. The molecule has 2 aromatic carbocycles. The third-order valence-corrected chi connectivity index (χ3v) is 4.00. The van der Waals surface area contributed by atoms with Crippen LogP contribution < -0.4 is 10.1 Å². The second kappa shape index (κ2) is 7.51. The van der Waals surface area contributed by atoms with E-state index in [4.69, 9.17) is 4.74 Å². The molecule has 2 rings (SSSR count). The van der Waals surface area contributed by atoms with E-state index < -0.39 is 0 Å². The van der Waals surface area contributed by atoms with E-state index in [9.17, 15) is 0 Å². The maximum Gasteiger partial charge on any atom is 0.121 e. The van der Waals surface area contributed by atoms with Gasteiger partial charge in [0, 0.05) is 22.8 Å². The van der Waals surface area contributed by atoms with E-state index >= 15 is 0 Å². The Morgan fingerprint density at radius 2 is 1.95 bits per heavy atom. The maximum atomic E-state index is 5.75. The Labute approximate surface area is 135 Å². The van der Waals surface area contributed by atoms with Crippen molar-refractivity contribution >= 4 is 21.6 Å². The summed E-state index contributed by atoms with van der Waals surface area (Å²) >= 11 is 3.57. The van der Waals surface area contributed by atoms with E-state index in [0.717, 1.165) is 29.1 Å². The molecule has 0 aliphatic heterocycles. The van der Waals surface area contributed by atoms with Crippen LogP contribution in [0.15, 0.2) is 46.9 Å². The van der Waals surface area contributed by atoms with Crippen LogP contribution in [0.25, 0.3) is 0 Å². The molecule has 2 nitrogen and oxygen atoms in total. The summed E-state index contributed by atoms with van der Waals surface area (Å²) in [4.78, 5) is 0. The molecule has 0 spiro atoms. The Hall–Kier alpha value is -1.48. The fourth-order valence-corrected chi connectivity index (χ4v) is 2.34. The minimum Gasteiger partial charge on any atom is -0.493 e. The monoisotopic (exact) mass is 347 g/mol. The number of nitrogens with one attached hydrogen (secondary N) is 1. The van der Waals surface area contributed by atoms with Gasteiger partial charge in [-0.05, 0) is 42.2 Å². The number of benzene rings is 2. The third kappa shape index (κ3) is 5.09. The van der Waals surface area contributed by atoms with Gasteiger partial charge in [-0.15, -0.1) is 0 Å². The fraction of sp³-hybridized carbons (Fsp3) is 0.333. The molecule has 0 amide bonds. The molecule has 0 fully saturated rings. The van der Waals surface area contributed by atoms with Crippen molar-refractivity contribution in [1.82, 2.24) is 0 Å². The van der Waals surface area contributed by atoms with Crippen LogP contribution in [0.5, 0.6) is 5.75 Å². The number of ether oxygens (including phenoxy) is 1. The number of anilines is 1. The zero-order valence-corrected chi connectivity index (χ0v) is 14.4. The van der Waals surface area contributed by atoms with Crippen molar-refractivity contribution in [3.63, 3.8) is 0 Å². The average Bonchev–Trinajstić information content (AvgIpc) is 2.47. The molecule has 0 heterocycles. The first-order chi connectivity index (χ1) is 10.0. The summed E-state index contributed by atoms with van der Waals surface area (Å²) in [6, 6.07) is 14.5. The third-order valence-electron chi connectivity index (χ3n) is 3.15. The Balaban J connectivity index is 1.96. The van der Waals surface area contributed by atoms with Crippen LogP contribution in [0.2, 0.25) is 0 Å². The van der Waals surface area contributed by atoms with Gasteiger partial charge in [-0.3, -0.25) is 0 Å². The summed E-state index contributed by atoms with van der Waals surface area (Å²) in [5, 5.41) is 3.43. The highest BCUT2D eigenvalue weighted by Gasteiger charge is 2.01. The molecule has 0 aromatic heterocycles. The first-order valence-corrected chi connectivity index (χ1v) is 8.05. The van der Waals surface area contributed by atoms with Gasteiger partial charge in [-0.1, -0.05) is 48.0 Å². The van der Waals surface area contributed by atoms with Gasteiger partial charge in [0.25, 0.3) is 0 Å². The smallest absolute Gasteiger partial charge is 0.121 e. The molecule has 2 aromatic rings. The summed E-state index contributed by atoms with van der Waals surface area (Å²) in [6.45, 7) is 7.94. The lowest BCUT2D eigenvalue weighted by molar-refractivity contribution is 0.271. The Bertz CT molecular complexity index is 596. The van der Waals surface area contributed by atoms with Crippen molar-refractivity contribution < 1.29 is 4.74 Å². The van der Waals surface area contributed by atoms with Crippen LogP contribution in [-0.4, -0.2) is 6.61 Å². The highest BCUT2D eigenvalue weighted by atomic mass is 79.9. The van der Waals surface area contributed by atoms with Crippen LogP contribution in [0.1, 0.15) is 25.0 Å². The maximum absolute atomic E-state index is 5.75. The van der Waals surface area contributed by atoms with Crippen LogP contribution in [0.4, 0.5) is 5.69 Å². The molecule has 1 N–H and O–H groups in total. The number of hydrogen-bond donors (Lipinski definition) is 1. The number of hydrogen-bond acceptors (Lipinski definition) is 2. The topological polar surface area (TPSA) is 21.3 Å². The second-order valence-electron chi connectivity index (χ2n) is 5.67. The van der Waals surface area contributed by atoms with E-state index in [0.29, 0.717) is 5.92 Å². The van der Waals surface area contributed by atoms with Crippen LogP contribution >= 0.6 is 15.9 Å². The molecule has 0 saturated carbocycles. The van der Waals surface area contributed by atoms with Gasteiger partial charge < -0.3 is 10.1 Å².